The molecule has 3 heterocycles. The Kier molecular flexibility index (Phi) is 5.07. The van der Waals surface area contributed by atoms with E-state index in [1.165, 1.54) is 48.9 Å². The van der Waals surface area contributed by atoms with Crippen molar-refractivity contribution >= 4 is 45.1 Å². The molecule has 0 unspecified atom stereocenters. The second kappa shape index (κ2) is 7.81. The maximum absolute atomic E-state index is 12.3. The molecular formula is C19H18N4O4S. The highest BCUT2D eigenvalue weighted by Crippen LogP contribution is 2.29. The van der Waals surface area contributed by atoms with Crippen LogP contribution in [-0.4, -0.2) is 30.1 Å². The minimum Gasteiger partial charge on any atom is -0.440 e. The fourth-order valence-electron chi connectivity index (χ4n) is 3.16. The second-order valence-corrected chi connectivity index (χ2v) is 7.60. The summed E-state index contributed by atoms with van der Waals surface area (Å²) in [7, 11) is 0. The Balaban J connectivity index is 1.40. The number of benzene rings is 1. The van der Waals surface area contributed by atoms with Gasteiger partial charge in [-0.2, -0.15) is 5.10 Å². The zero-order chi connectivity index (χ0) is 19.5. The lowest BCUT2D eigenvalue weighted by atomic mass is 10.1. The maximum Gasteiger partial charge on any atom is 0.281 e. The van der Waals surface area contributed by atoms with E-state index >= 15 is 0 Å². The molecule has 0 radical (unpaired) electrons. The van der Waals surface area contributed by atoms with E-state index in [9.17, 15) is 14.9 Å². The third-order valence-electron chi connectivity index (χ3n) is 4.57. The van der Waals surface area contributed by atoms with Gasteiger partial charge in [-0.05, 0) is 37.5 Å². The molecule has 3 aromatic rings. The average Bonchev–Trinajstić information content (AvgIpc) is 3.35. The van der Waals surface area contributed by atoms with E-state index in [2.05, 4.69) is 15.4 Å². The van der Waals surface area contributed by atoms with Gasteiger partial charge in [-0.1, -0.05) is 0 Å². The van der Waals surface area contributed by atoms with Crippen molar-refractivity contribution in [3.63, 3.8) is 0 Å². The largest absolute Gasteiger partial charge is 0.440 e. The van der Waals surface area contributed by atoms with E-state index in [1.807, 2.05) is 12.1 Å². The lowest BCUT2D eigenvalue weighted by molar-refractivity contribution is -0.384. The van der Waals surface area contributed by atoms with Crippen LogP contribution in [0.15, 0.2) is 45.9 Å². The van der Waals surface area contributed by atoms with Crippen LogP contribution in [0.2, 0.25) is 0 Å². The van der Waals surface area contributed by atoms with E-state index in [4.69, 9.17) is 4.42 Å². The number of furan rings is 1. The Bertz CT molecular complexity index is 1050. The summed E-state index contributed by atoms with van der Waals surface area (Å²) >= 11 is 1.26. The van der Waals surface area contributed by atoms with Crippen LogP contribution < -0.4 is 10.3 Å². The van der Waals surface area contributed by atoms with Crippen molar-refractivity contribution in [2.75, 3.05) is 18.0 Å². The van der Waals surface area contributed by atoms with Gasteiger partial charge in [0.1, 0.15) is 5.76 Å². The van der Waals surface area contributed by atoms with E-state index in [-0.39, 0.29) is 11.6 Å². The van der Waals surface area contributed by atoms with Crippen molar-refractivity contribution in [3.8, 4) is 0 Å². The predicted molar refractivity (Wildman–Crippen MR) is 108 cm³/mol. The van der Waals surface area contributed by atoms with Crippen LogP contribution >= 0.6 is 11.3 Å². The third-order valence-corrected chi connectivity index (χ3v) is 5.69. The van der Waals surface area contributed by atoms with Crippen LogP contribution in [0.3, 0.4) is 0 Å². The number of thiophene rings is 1. The Labute approximate surface area is 164 Å². The Morgan fingerprint density at radius 3 is 2.82 bits per heavy atom. The highest BCUT2D eigenvalue weighted by atomic mass is 32.1. The average molecular weight is 398 g/mol. The Morgan fingerprint density at radius 1 is 1.21 bits per heavy atom. The molecule has 9 heteroatoms. The number of carbonyl (C=O) groups is 1. The molecule has 0 bridgehead atoms. The van der Waals surface area contributed by atoms with Crippen molar-refractivity contribution in [2.24, 2.45) is 5.10 Å². The summed E-state index contributed by atoms with van der Waals surface area (Å²) in [6, 6.07) is 9.88. The van der Waals surface area contributed by atoms with Crippen molar-refractivity contribution in [2.45, 2.75) is 19.3 Å². The topological polar surface area (TPSA) is 101 Å². The molecule has 4 rings (SSSR count). The molecule has 0 saturated carbocycles. The van der Waals surface area contributed by atoms with Crippen molar-refractivity contribution in [3.05, 3.63) is 57.1 Å². The smallest absolute Gasteiger partial charge is 0.281 e. The van der Waals surface area contributed by atoms with Gasteiger partial charge in [0.05, 0.1) is 16.0 Å². The summed E-state index contributed by atoms with van der Waals surface area (Å²) in [5.41, 5.74) is 2.47. The number of anilines is 1. The fourth-order valence-corrected chi connectivity index (χ4v) is 4.09. The molecule has 144 valence electrons. The number of carbonyl (C=O) groups excluding carboxylic acids is 1. The normalized spacial score (nSPS) is 14.6. The van der Waals surface area contributed by atoms with E-state index in [0.717, 1.165) is 23.7 Å². The van der Waals surface area contributed by atoms with Gasteiger partial charge >= 0.3 is 0 Å². The lowest BCUT2D eigenvalue weighted by Crippen LogP contribution is -2.28. The van der Waals surface area contributed by atoms with Crippen LogP contribution in [-0.2, 0) is 0 Å². The molecule has 8 nitrogen and oxygen atoms in total. The first-order chi connectivity index (χ1) is 13.6. The molecule has 1 fully saturated rings. The number of piperidine rings is 1. The summed E-state index contributed by atoms with van der Waals surface area (Å²) in [6.07, 6.45) is 5.04. The quantitative estimate of drug-likeness (QED) is 0.395. The highest BCUT2D eigenvalue weighted by molar-refractivity contribution is 7.20. The number of nitro groups is 1. The predicted octanol–water partition coefficient (Wildman–Crippen LogP) is 4.16. The first kappa shape index (κ1) is 18.2. The molecule has 28 heavy (non-hydrogen) atoms. The van der Waals surface area contributed by atoms with Crippen LogP contribution in [0, 0.1) is 10.1 Å². The summed E-state index contributed by atoms with van der Waals surface area (Å²) in [4.78, 5) is 25.3. The van der Waals surface area contributed by atoms with Gasteiger partial charge in [0, 0.05) is 41.4 Å². The van der Waals surface area contributed by atoms with Gasteiger partial charge in [0.2, 0.25) is 0 Å². The first-order valence-corrected chi connectivity index (χ1v) is 9.78. The summed E-state index contributed by atoms with van der Waals surface area (Å²) in [6.45, 7) is 1.98. The molecule has 1 aliphatic rings. The number of non-ortho nitro benzene ring substituents is 1. The van der Waals surface area contributed by atoms with Crippen molar-refractivity contribution in [1.29, 1.82) is 0 Å². The van der Waals surface area contributed by atoms with E-state index in [1.54, 1.807) is 12.1 Å². The van der Waals surface area contributed by atoms with Gasteiger partial charge in [0.25, 0.3) is 11.6 Å². The lowest BCUT2D eigenvalue weighted by Gasteiger charge is -2.25. The number of hydrogen-bond acceptors (Lipinski definition) is 7. The molecule has 0 atom stereocenters. The molecule has 1 aliphatic heterocycles. The molecule has 2 aromatic heterocycles. The molecule has 1 N–H and O–H groups in total. The van der Waals surface area contributed by atoms with Crippen molar-refractivity contribution in [1.82, 2.24) is 5.43 Å². The number of hydrazone groups is 1. The fraction of sp³-hybridized carbons (Fsp3) is 0.263. The van der Waals surface area contributed by atoms with Crippen LogP contribution in [0.1, 0.15) is 34.7 Å². The number of nitro benzene ring substituents is 1. The molecule has 1 amide bonds. The van der Waals surface area contributed by atoms with Gasteiger partial charge in [-0.3, -0.25) is 14.9 Å². The number of amides is 1. The number of nitrogens with one attached hydrogen (secondary N) is 1. The zero-order valence-electron chi connectivity index (χ0n) is 15.0. The highest BCUT2D eigenvalue weighted by Gasteiger charge is 2.15. The van der Waals surface area contributed by atoms with Crippen LogP contribution in [0.5, 0.6) is 0 Å². The molecule has 0 aliphatic carbocycles. The zero-order valence-corrected chi connectivity index (χ0v) is 15.8. The van der Waals surface area contributed by atoms with Gasteiger partial charge in [0.15, 0.2) is 5.88 Å². The summed E-state index contributed by atoms with van der Waals surface area (Å²) < 4.78 is 6.56. The van der Waals surface area contributed by atoms with E-state index in [0.29, 0.717) is 16.0 Å². The van der Waals surface area contributed by atoms with Crippen molar-refractivity contribution < 1.29 is 14.1 Å². The summed E-state index contributed by atoms with van der Waals surface area (Å²) in [5, 5.41) is 15.5. The Hall–Kier alpha value is -3.20. The summed E-state index contributed by atoms with van der Waals surface area (Å²) in [5.74, 6) is 1.01. The number of hydrogen-bond donors (Lipinski definition) is 1. The van der Waals surface area contributed by atoms with Crippen LogP contribution in [0.25, 0.3) is 10.1 Å². The minimum absolute atomic E-state index is 0.00221. The number of nitrogens with zero attached hydrogens (tertiary/aromatic N) is 3. The van der Waals surface area contributed by atoms with Gasteiger partial charge < -0.3 is 9.32 Å². The standard InChI is InChI=1S/C19H18N4O4S/c24-19(17-11-13-10-14(23(25)26)4-6-16(13)28-17)21-20-12-15-5-7-18(27-15)22-8-2-1-3-9-22/h4-7,10-12H,1-3,8-9H2,(H,21,24). The Morgan fingerprint density at radius 2 is 2.04 bits per heavy atom. The molecular weight excluding hydrogens is 380 g/mol. The maximum atomic E-state index is 12.3. The molecule has 1 saturated heterocycles. The second-order valence-electron chi connectivity index (χ2n) is 6.51. The van der Waals surface area contributed by atoms with Gasteiger partial charge in [-0.15, -0.1) is 11.3 Å². The molecule has 0 spiro atoms. The number of fused-ring (bicyclic) bond motifs is 1. The number of rotatable bonds is 5. The minimum atomic E-state index is -0.456. The monoisotopic (exact) mass is 398 g/mol. The third kappa shape index (κ3) is 3.89. The van der Waals surface area contributed by atoms with Crippen LogP contribution in [0.4, 0.5) is 11.6 Å². The SMILES string of the molecule is O=C(NN=Cc1ccc(N2CCCCC2)o1)c1cc2cc([N+](=O)[O-])ccc2s1. The molecule has 1 aromatic carbocycles. The first-order valence-electron chi connectivity index (χ1n) is 8.96. The van der Waals surface area contributed by atoms with E-state index < -0.39 is 4.92 Å². The van der Waals surface area contributed by atoms with Gasteiger partial charge in [-0.25, -0.2) is 5.43 Å².